The first-order valence-electron chi connectivity index (χ1n) is 10.5. The molecule has 0 radical (unpaired) electrons. The average Bonchev–Trinajstić information content (AvgIpc) is 2.73. The number of benzene rings is 1. The minimum absolute atomic E-state index is 0.431. The van der Waals surface area contributed by atoms with Gasteiger partial charge in [-0.3, -0.25) is 4.98 Å². The van der Waals surface area contributed by atoms with Crippen molar-refractivity contribution >= 4 is 22.5 Å². The first kappa shape index (κ1) is 17.4. The molecule has 0 atom stereocenters. The Kier molecular flexibility index (Phi) is 4.59. The molecule has 5 heteroatoms. The summed E-state index contributed by atoms with van der Waals surface area (Å²) in [6.45, 7) is 6.43. The number of hydrogen-bond acceptors (Lipinski definition) is 5. The van der Waals surface area contributed by atoms with Crippen LogP contribution in [0.15, 0.2) is 48.8 Å². The molecule has 0 spiro atoms. The van der Waals surface area contributed by atoms with Crippen molar-refractivity contribution in [3.8, 4) is 0 Å². The summed E-state index contributed by atoms with van der Waals surface area (Å²) in [7, 11) is 0. The minimum atomic E-state index is 0.431. The average molecular weight is 374 g/mol. The van der Waals surface area contributed by atoms with Crippen LogP contribution in [0.5, 0.6) is 0 Å². The predicted octanol–water partition coefficient (Wildman–Crippen LogP) is 4.26. The highest BCUT2D eigenvalue weighted by atomic mass is 15.3. The molecule has 2 saturated heterocycles. The van der Waals surface area contributed by atoms with Gasteiger partial charge in [-0.15, -0.1) is 0 Å². The SMILES string of the molecule is CCC1CCN(c2nccnc2C2CN(c3ccc4ccccc4n3)C2)CC1. The molecule has 5 nitrogen and oxygen atoms in total. The Morgan fingerprint density at radius 1 is 0.929 bits per heavy atom. The molecule has 0 N–H and O–H groups in total. The van der Waals surface area contributed by atoms with Crippen LogP contribution < -0.4 is 9.80 Å². The Morgan fingerprint density at radius 2 is 1.71 bits per heavy atom. The lowest BCUT2D eigenvalue weighted by atomic mass is 9.92. The van der Waals surface area contributed by atoms with E-state index in [4.69, 9.17) is 15.0 Å². The van der Waals surface area contributed by atoms with Crippen molar-refractivity contribution in [2.45, 2.75) is 32.1 Å². The number of nitrogens with zero attached hydrogens (tertiary/aromatic N) is 5. The first-order chi connectivity index (χ1) is 13.8. The molecule has 2 aliphatic heterocycles. The van der Waals surface area contributed by atoms with E-state index < -0.39 is 0 Å². The van der Waals surface area contributed by atoms with E-state index in [2.05, 4.69) is 47.1 Å². The fraction of sp³-hybridized carbons (Fsp3) is 0.435. The number of aromatic nitrogens is 3. The molecule has 0 unspecified atom stereocenters. The number of rotatable bonds is 4. The second kappa shape index (κ2) is 7.38. The van der Waals surface area contributed by atoms with E-state index in [0.717, 1.165) is 54.9 Å². The molecular formula is C23H27N5. The molecule has 4 heterocycles. The summed E-state index contributed by atoms with van der Waals surface area (Å²) in [5, 5.41) is 1.19. The Hall–Kier alpha value is -2.69. The van der Waals surface area contributed by atoms with Gasteiger partial charge in [0.25, 0.3) is 0 Å². The van der Waals surface area contributed by atoms with E-state index in [1.165, 1.54) is 24.6 Å². The van der Waals surface area contributed by atoms with Gasteiger partial charge in [0.05, 0.1) is 11.2 Å². The highest BCUT2D eigenvalue weighted by Crippen LogP contribution is 2.35. The van der Waals surface area contributed by atoms with Crippen molar-refractivity contribution in [1.82, 2.24) is 15.0 Å². The summed E-state index contributed by atoms with van der Waals surface area (Å²) < 4.78 is 0. The van der Waals surface area contributed by atoms with Crippen LogP contribution >= 0.6 is 0 Å². The fourth-order valence-corrected chi connectivity index (χ4v) is 4.50. The van der Waals surface area contributed by atoms with Gasteiger partial charge in [-0.2, -0.15) is 0 Å². The summed E-state index contributed by atoms with van der Waals surface area (Å²) in [5.41, 5.74) is 2.22. The number of piperidine rings is 1. The summed E-state index contributed by atoms with van der Waals surface area (Å²) in [5.74, 6) is 3.47. The van der Waals surface area contributed by atoms with Crippen molar-refractivity contribution in [3.63, 3.8) is 0 Å². The summed E-state index contributed by atoms with van der Waals surface area (Å²) in [6.07, 6.45) is 7.51. The van der Waals surface area contributed by atoms with Gasteiger partial charge in [0, 0.05) is 49.9 Å². The van der Waals surface area contributed by atoms with Crippen LogP contribution in [0.4, 0.5) is 11.6 Å². The molecule has 0 bridgehead atoms. The molecule has 5 rings (SSSR count). The molecular weight excluding hydrogens is 346 g/mol. The summed E-state index contributed by atoms with van der Waals surface area (Å²) >= 11 is 0. The van der Waals surface area contributed by atoms with Crippen molar-refractivity contribution in [2.75, 3.05) is 36.0 Å². The number of hydrogen-bond donors (Lipinski definition) is 0. The number of para-hydroxylation sites is 1. The highest BCUT2D eigenvalue weighted by Gasteiger charge is 2.34. The van der Waals surface area contributed by atoms with Crippen LogP contribution in [0.2, 0.25) is 0 Å². The van der Waals surface area contributed by atoms with Crippen molar-refractivity contribution in [1.29, 1.82) is 0 Å². The van der Waals surface area contributed by atoms with Crippen LogP contribution in [0.1, 0.15) is 37.8 Å². The zero-order valence-electron chi connectivity index (χ0n) is 16.5. The number of fused-ring (bicyclic) bond motifs is 1. The predicted molar refractivity (Wildman–Crippen MR) is 114 cm³/mol. The molecule has 2 aromatic heterocycles. The van der Waals surface area contributed by atoms with Gasteiger partial charge < -0.3 is 9.80 Å². The number of pyridine rings is 1. The van der Waals surface area contributed by atoms with E-state index in [-0.39, 0.29) is 0 Å². The molecule has 144 valence electrons. The van der Waals surface area contributed by atoms with Crippen LogP contribution in [-0.4, -0.2) is 41.1 Å². The first-order valence-corrected chi connectivity index (χ1v) is 10.5. The van der Waals surface area contributed by atoms with E-state index in [9.17, 15) is 0 Å². The third kappa shape index (κ3) is 3.19. The second-order valence-corrected chi connectivity index (χ2v) is 8.07. The topological polar surface area (TPSA) is 45.2 Å². The molecule has 2 fully saturated rings. The molecule has 1 aromatic carbocycles. The van der Waals surface area contributed by atoms with Crippen molar-refractivity contribution in [3.05, 3.63) is 54.5 Å². The molecule has 3 aromatic rings. The van der Waals surface area contributed by atoms with E-state index in [1.807, 2.05) is 18.5 Å². The quantitative estimate of drug-likeness (QED) is 0.684. The van der Waals surface area contributed by atoms with Gasteiger partial charge in [-0.05, 0) is 37.0 Å². The zero-order chi connectivity index (χ0) is 18.9. The van der Waals surface area contributed by atoms with Gasteiger partial charge in [-0.1, -0.05) is 31.5 Å². The molecule has 0 aliphatic carbocycles. The van der Waals surface area contributed by atoms with Gasteiger partial charge in [-0.25, -0.2) is 9.97 Å². The molecule has 0 amide bonds. The zero-order valence-corrected chi connectivity index (χ0v) is 16.5. The smallest absolute Gasteiger partial charge is 0.150 e. The normalized spacial score (nSPS) is 18.5. The lowest BCUT2D eigenvalue weighted by molar-refractivity contribution is 0.391. The van der Waals surface area contributed by atoms with Gasteiger partial charge >= 0.3 is 0 Å². The monoisotopic (exact) mass is 373 g/mol. The maximum atomic E-state index is 4.83. The third-order valence-corrected chi connectivity index (χ3v) is 6.37. The van der Waals surface area contributed by atoms with Crippen LogP contribution in [0.25, 0.3) is 10.9 Å². The van der Waals surface area contributed by atoms with Gasteiger partial charge in [0.2, 0.25) is 0 Å². The van der Waals surface area contributed by atoms with Crippen LogP contribution in [0.3, 0.4) is 0 Å². The maximum Gasteiger partial charge on any atom is 0.150 e. The van der Waals surface area contributed by atoms with Gasteiger partial charge in [0.15, 0.2) is 5.82 Å². The molecule has 2 aliphatic rings. The van der Waals surface area contributed by atoms with E-state index in [1.54, 1.807) is 0 Å². The van der Waals surface area contributed by atoms with Crippen LogP contribution in [-0.2, 0) is 0 Å². The Labute approximate surface area is 166 Å². The number of anilines is 2. The Balaban J connectivity index is 1.31. The standard InChI is InChI=1S/C23H27N5/c1-2-17-9-13-27(14-10-17)23-22(24-11-12-25-23)19-15-28(16-19)21-8-7-18-5-3-4-6-20(18)26-21/h3-8,11-12,17,19H,2,9-10,13-16H2,1H3. The lowest BCUT2D eigenvalue weighted by Crippen LogP contribution is -2.47. The molecule has 0 saturated carbocycles. The van der Waals surface area contributed by atoms with E-state index in [0.29, 0.717) is 5.92 Å². The Morgan fingerprint density at radius 3 is 2.54 bits per heavy atom. The third-order valence-electron chi connectivity index (χ3n) is 6.37. The van der Waals surface area contributed by atoms with E-state index >= 15 is 0 Å². The molecule has 28 heavy (non-hydrogen) atoms. The van der Waals surface area contributed by atoms with Crippen molar-refractivity contribution < 1.29 is 0 Å². The van der Waals surface area contributed by atoms with Gasteiger partial charge in [0.1, 0.15) is 5.82 Å². The Bertz CT molecular complexity index is 958. The largest absolute Gasteiger partial charge is 0.355 e. The highest BCUT2D eigenvalue weighted by molar-refractivity contribution is 5.80. The second-order valence-electron chi connectivity index (χ2n) is 8.07. The fourth-order valence-electron chi connectivity index (χ4n) is 4.50. The minimum Gasteiger partial charge on any atom is -0.355 e. The summed E-state index contributed by atoms with van der Waals surface area (Å²) in [4.78, 5) is 19.1. The van der Waals surface area contributed by atoms with Crippen LogP contribution in [0, 0.1) is 5.92 Å². The summed E-state index contributed by atoms with van der Waals surface area (Å²) in [6, 6.07) is 12.6. The lowest BCUT2D eigenvalue weighted by Gasteiger charge is -2.41. The van der Waals surface area contributed by atoms with Crippen molar-refractivity contribution in [2.24, 2.45) is 5.92 Å². The maximum absolute atomic E-state index is 4.83.